The van der Waals surface area contributed by atoms with E-state index in [1.807, 2.05) is 0 Å². The fourth-order valence-corrected chi connectivity index (χ4v) is 1.28. The first-order valence-corrected chi connectivity index (χ1v) is 5.04. The van der Waals surface area contributed by atoms with Crippen LogP contribution >= 0.6 is 0 Å². The summed E-state index contributed by atoms with van der Waals surface area (Å²) in [5, 5.41) is 6.54. The van der Waals surface area contributed by atoms with Gasteiger partial charge in [-0.3, -0.25) is 4.79 Å². The number of hydrogen-bond acceptors (Lipinski definition) is 5. The van der Waals surface area contributed by atoms with Gasteiger partial charge >= 0.3 is 12.3 Å². The van der Waals surface area contributed by atoms with E-state index in [9.17, 15) is 18.0 Å². The summed E-state index contributed by atoms with van der Waals surface area (Å²) < 4.78 is 36.0. The summed E-state index contributed by atoms with van der Waals surface area (Å²) in [5.74, 6) is 0. The van der Waals surface area contributed by atoms with E-state index >= 15 is 0 Å². The van der Waals surface area contributed by atoms with Crippen molar-refractivity contribution in [3.8, 4) is 0 Å². The van der Waals surface area contributed by atoms with E-state index in [1.165, 1.54) is 0 Å². The third-order valence-electron chi connectivity index (χ3n) is 1.99. The Kier molecular flexibility index (Phi) is 7.30. The summed E-state index contributed by atoms with van der Waals surface area (Å²) in [6, 6.07) is -0.307. The first-order valence-electron chi connectivity index (χ1n) is 5.04. The molecule has 0 saturated carbocycles. The maximum Gasteiger partial charge on any atom is 0.446 e. The normalized spacial score (nSPS) is 22.3. The first kappa shape index (κ1) is 17.0. The number of nitrogens with one attached hydrogen (secondary N) is 1. The number of rotatable bonds is 2. The highest BCUT2D eigenvalue weighted by Gasteiger charge is 2.26. The van der Waals surface area contributed by atoms with Gasteiger partial charge in [0, 0.05) is 11.5 Å². The Bertz CT molecular complexity index is 356. The number of alkyl halides is 3. The molecule has 0 bridgehead atoms. The molecule has 0 aromatic carbocycles. The molecule has 108 valence electrons. The van der Waals surface area contributed by atoms with Crippen LogP contribution in [0.5, 0.6) is 0 Å². The molecule has 0 aliphatic carbocycles. The monoisotopic (exact) mass is 283 g/mol. The first-order chi connectivity index (χ1) is 8.80. The second-order valence-corrected chi connectivity index (χ2v) is 3.40. The lowest BCUT2D eigenvalue weighted by Gasteiger charge is -2.27. The van der Waals surface area contributed by atoms with Crippen molar-refractivity contribution < 1.29 is 27.5 Å². The van der Waals surface area contributed by atoms with E-state index in [-0.39, 0.29) is 6.04 Å². The second kappa shape index (κ2) is 8.16. The number of halogens is 3. The van der Waals surface area contributed by atoms with Gasteiger partial charge < -0.3 is 15.8 Å². The van der Waals surface area contributed by atoms with Crippen molar-refractivity contribution in [3.63, 3.8) is 0 Å². The fraction of sp³-hybridized carbons (Fsp3) is 0.750. The lowest BCUT2D eigenvalue weighted by molar-refractivity contribution is -0.156. The number of primary amides is 1. The number of hydrogen-bond donors (Lipinski definition) is 2. The zero-order chi connectivity index (χ0) is 14.9. The molecule has 0 aromatic heterocycles. The Morgan fingerprint density at radius 2 is 2.16 bits per heavy atom. The minimum absolute atomic E-state index is 0.307. The maximum absolute atomic E-state index is 10.5. The van der Waals surface area contributed by atoms with Gasteiger partial charge in [0.2, 0.25) is 6.29 Å². The van der Waals surface area contributed by atoms with Crippen LogP contribution in [0.2, 0.25) is 0 Å². The molecule has 8 nitrogen and oxygen atoms in total. The maximum atomic E-state index is 10.5. The number of amides is 1. The molecule has 0 spiro atoms. The average Bonchev–Trinajstić information content (AvgIpc) is 2.31. The molecule has 0 radical (unpaired) electrons. The molecule has 11 heteroatoms. The van der Waals surface area contributed by atoms with E-state index in [2.05, 4.69) is 15.3 Å². The van der Waals surface area contributed by atoms with Crippen LogP contribution in [-0.2, 0) is 9.53 Å². The summed E-state index contributed by atoms with van der Waals surface area (Å²) in [6.45, 7) is 1.23. The smallest absolute Gasteiger partial charge is 0.445 e. The van der Waals surface area contributed by atoms with Crippen LogP contribution in [0.3, 0.4) is 0 Å². The molecule has 0 aromatic rings. The molecule has 0 unspecified atom stereocenters. The van der Waals surface area contributed by atoms with Crippen LogP contribution in [0.15, 0.2) is 5.11 Å². The minimum atomic E-state index is -4.64. The van der Waals surface area contributed by atoms with Crippen LogP contribution in [0.4, 0.5) is 18.0 Å². The van der Waals surface area contributed by atoms with Crippen molar-refractivity contribution >= 4 is 12.4 Å². The molecule has 1 fully saturated rings. The molecule has 2 atom stereocenters. The van der Waals surface area contributed by atoms with Gasteiger partial charge in [-0.05, 0) is 18.5 Å². The quantitative estimate of drug-likeness (QED) is 0.337. The molecule has 1 amide bonds. The Morgan fingerprint density at radius 3 is 2.58 bits per heavy atom. The Morgan fingerprint density at radius 1 is 1.58 bits per heavy atom. The van der Waals surface area contributed by atoms with Crippen molar-refractivity contribution in [1.82, 2.24) is 5.32 Å². The third-order valence-corrected chi connectivity index (χ3v) is 1.99. The van der Waals surface area contributed by atoms with E-state index in [0.29, 0.717) is 13.0 Å². The molecular weight excluding hydrogens is 271 g/mol. The summed E-state index contributed by atoms with van der Waals surface area (Å²) in [4.78, 5) is 21.8. The predicted molar refractivity (Wildman–Crippen MR) is 57.0 cm³/mol. The van der Waals surface area contributed by atoms with Crippen molar-refractivity contribution in [1.29, 1.82) is 0 Å². The highest BCUT2D eigenvalue weighted by Crippen LogP contribution is 2.11. The van der Waals surface area contributed by atoms with Crippen LogP contribution in [-0.4, -0.2) is 43.8 Å². The Hall–Kier alpha value is -2.00. The van der Waals surface area contributed by atoms with Crippen molar-refractivity contribution in [2.75, 3.05) is 13.1 Å². The van der Waals surface area contributed by atoms with Crippen LogP contribution in [0.1, 0.15) is 6.42 Å². The van der Waals surface area contributed by atoms with Gasteiger partial charge in [0.1, 0.15) is 6.10 Å². The lowest BCUT2D eigenvalue weighted by atomic mass is 10.0. The van der Waals surface area contributed by atoms with Crippen LogP contribution in [0.25, 0.3) is 10.4 Å². The van der Waals surface area contributed by atoms with Gasteiger partial charge in [-0.2, -0.15) is 13.2 Å². The minimum Gasteiger partial charge on any atom is -0.445 e. The standard InChI is InChI=1S/C6H11N5O2.C2HF3O/c7-6(12)13-5-3-9-2-1-4(5)10-11-8;3-2(4,5)1-6/h4-5,9H,1-3H2,(H2,7,12);1H/t4-,5-;/m1./s1. The van der Waals surface area contributed by atoms with Gasteiger partial charge in [-0.15, -0.1) is 0 Å². The number of piperidine rings is 1. The number of aldehydes is 1. The van der Waals surface area contributed by atoms with Gasteiger partial charge in [0.15, 0.2) is 0 Å². The molecule has 1 saturated heterocycles. The van der Waals surface area contributed by atoms with E-state index in [0.717, 1.165) is 6.54 Å². The van der Waals surface area contributed by atoms with Gasteiger partial charge in [0.25, 0.3) is 0 Å². The van der Waals surface area contributed by atoms with Gasteiger partial charge in [-0.25, -0.2) is 4.79 Å². The van der Waals surface area contributed by atoms with Gasteiger partial charge in [0.05, 0.1) is 6.04 Å². The van der Waals surface area contributed by atoms with E-state index in [1.54, 1.807) is 0 Å². The number of azide groups is 1. The second-order valence-electron chi connectivity index (χ2n) is 3.40. The SMILES string of the molecule is O=CC(F)(F)F.[N-]=[N+]=N[C@@H]1CCNC[C@H]1OC(N)=O. The van der Waals surface area contributed by atoms with Gasteiger partial charge in [-0.1, -0.05) is 5.11 Å². The number of carbonyl (C=O) groups excluding carboxylic acids is 2. The zero-order valence-corrected chi connectivity index (χ0v) is 9.63. The van der Waals surface area contributed by atoms with Crippen LogP contribution in [0, 0.1) is 0 Å². The number of carbonyl (C=O) groups is 2. The highest BCUT2D eigenvalue weighted by atomic mass is 19.4. The summed E-state index contributed by atoms with van der Waals surface area (Å²) >= 11 is 0. The average molecular weight is 283 g/mol. The molecule has 1 heterocycles. The van der Waals surface area contributed by atoms with Crippen LogP contribution < -0.4 is 11.1 Å². The molecule has 1 rings (SSSR count). The molecular formula is C8H12F3N5O3. The van der Waals surface area contributed by atoms with Crippen molar-refractivity contribution in [2.24, 2.45) is 10.8 Å². The largest absolute Gasteiger partial charge is 0.446 e. The number of nitrogens with two attached hydrogens (primary N) is 1. The molecule has 3 N–H and O–H groups in total. The molecule has 19 heavy (non-hydrogen) atoms. The summed E-state index contributed by atoms with van der Waals surface area (Å²) in [5.41, 5.74) is 13.1. The lowest BCUT2D eigenvalue weighted by Crippen LogP contribution is -2.46. The topological polar surface area (TPSA) is 130 Å². The highest BCUT2D eigenvalue weighted by molar-refractivity contribution is 5.64. The van der Waals surface area contributed by atoms with Crippen molar-refractivity contribution in [2.45, 2.75) is 24.7 Å². The third kappa shape index (κ3) is 8.69. The summed E-state index contributed by atoms with van der Waals surface area (Å²) in [6.07, 6.45) is -6.33. The Balaban J connectivity index is 0.000000459. The van der Waals surface area contributed by atoms with Crippen molar-refractivity contribution in [3.05, 3.63) is 10.4 Å². The fourth-order valence-electron chi connectivity index (χ4n) is 1.28. The van der Waals surface area contributed by atoms with E-state index in [4.69, 9.17) is 20.8 Å². The molecule has 1 aliphatic rings. The zero-order valence-electron chi connectivity index (χ0n) is 9.63. The Labute approximate surface area is 105 Å². The molecule has 1 aliphatic heterocycles. The summed E-state index contributed by atoms with van der Waals surface area (Å²) in [7, 11) is 0. The number of nitrogens with zero attached hydrogens (tertiary/aromatic N) is 3. The predicted octanol–water partition coefficient (Wildman–Crippen LogP) is 0.870. The van der Waals surface area contributed by atoms with E-state index < -0.39 is 24.7 Å². The number of ether oxygens (including phenoxy) is 1.